The van der Waals surface area contributed by atoms with Crippen LogP contribution in [0.3, 0.4) is 0 Å². The Morgan fingerprint density at radius 2 is 1.95 bits per heavy atom. The third-order valence-electron chi connectivity index (χ3n) is 2.64. The van der Waals surface area contributed by atoms with Crippen molar-refractivity contribution in [3.05, 3.63) is 35.9 Å². The first-order valence-corrected chi connectivity index (χ1v) is 7.54. The second kappa shape index (κ2) is 9.39. The van der Waals surface area contributed by atoms with Crippen molar-refractivity contribution in [2.45, 2.75) is 18.9 Å². The Balaban J connectivity index is 2.04. The lowest BCUT2D eigenvalue weighted by atomic mass is 10.2. The summed E-state index contributed by atoms with van der Waals surface area (Å²) < 4.78 is 0. The third-order valence-corrected chi connectivity index (χ3v) is 3.60. The van der Waals surface area contributed by atoms with Crippen LogP contribution in [0.4, 0.5) is 0 Å². The highest BCUT2D eigenvalue weighted by Gasteiger charge is 2.12. The van der Waals surface area contributed by atoms with Gasteiger partial charge in [0.05, 0.1) is 5.75 Å². The molecule has 20 heavy (non-hydrogen) atoms. The summed E-state index contributed by atoms with van der Waals surface area (Å²) in [5.41, 5.74) is 1.24. The molecule has 0 saturated carbocycles. The Labute approximate surface area is 122 Å². The molecule has 6 heteroatoms. The third kappa shape index (κ3) is 7.16. The maximum atomic E-state index is 11.4. The number of aliphatic hydroxyl groups is 1. The summed E-state index contributed by atoms with van der Waals surface area (Å²) in [7, 11) is 0. The lowest BCUT2D eigenvalue weighted by molar-refractivity contribution is -0.147. The maximum absolute atomic E-state index is 11.4. The fourth-order valence-electron chi connectivity index (χ4n) is 1.52. The molecule has 0 aromatic heterocycles. The molecule has 5 nitrogen and oxygen atoms in total. The van der Waals surface area contributed by atoms with Gasteiger partial charge in [0, 0.05) is 13.0 Å². The number of rotatable bonds is 9. The standard InChI is InChI=1S/C14H19NO4S/c16-12(14(18)19)6-8-15-13(17)10-20-9-7-11-4-2-1-3-5-11/h1-5,12,16H,6-10H2,(H,15,17)(H,18,19). The number of amides is 1. The normalized spacial score (nSPS) is 11.8. The Morgan fingerprint density at radius 1 is 1.25 bits per heavy atom. The van der Waals surface area contributed by atoms with Gasteiger partial charge in [-0.2, -0.15) is 11.8 Å². The summed E-state index contributed by atoms with van der Waals surface area (Å²) >= 11 is 1.53. The number of aliphatic carboxylic acids is 1. The zero-order valence-electron chi connectivity index (χ0n) is 11.1. The van der Waals surface area contributed by atoms with Gasteiger partial charge < -0.3 is 15.5 Å². The monoisotopic (exact) mass is 297 g/mol. The molecule has 1 amide bonds. The molecule has 0 saturated heterocycles. The van der Waals surface area contributed by atoms with Crippen molar-refractivity contribution in [2.24, 2.45) is 0 Å². The van der Waals surface area contributed by atoms with Crippen LogP contribution in [0.5, 0.6) is 0 Å². The number of carboxylic acids is 1. The van der Waals surface area contributed by atoms with Gasteiger partial charge in [-0.05, 0) is 17.7 Å². The molecule has 0 aliphatic heterocycles. The van der Waals surface area contributed by atoms with Crippen LogP contribution in [-0.4, -0.2) is 46.2 Å². The molecule has 110 valence electrons. The average molecular weight is 297 g/mol. The van der Waals surface area contributed by atoms with Gasteiger partial charge in [-0.15, -0.1) is 0 Å². The number of hydrogen-bond acceptors (Lipinski definition) is 4. The van der Waals surface area contributed by atoms with Crippen molar-refractivity contribution in [3.63, 3.8) is 0 Å². The van der Waals surface area contributed by atoms with E-state index in [0.717, 1.165) is 12.2 Å². The van der Waals surface area contributed by atoms with Crippen LogP contribution in [0.2, 0.25) is 0 Å². The van der Waals surface area contributed by atoms with E-state index >= 15 is 0 Å². The van der Waals surface area contributed by atoms with Crippen LogP contribution in [0.1, 0.15) is 12.0 Å². The molecule has 0 fully saturated rings. The van der Waals surface area contributed by atoms with E-state index in [1.807, 2.05) is 30.3 Å². The number of carbonyl (C=O) groups is 2. The van der Waals surface area contributed by atoms with Crippen LogP contribution in [0.15, 0.2) is 30.3 Å². The molecule has 0 spiro atoms. The first-order valence-electron chi connectivity index (χ1n) is 6.39. The number of carboxylic acid groups (broad SMARTS) is 1. The summed E-state index contributed by atoms with van der Waals surface area (Å²) in [6.07, 6.45) is -0.479. The van der Waals surface area contributed by atoms with Crippen molar-refractivity contribution >= 4 is 23.6 Å². The predicted octanol–water partition coefficient (Wildman–Crippen LogP) is 0.914. The molecule has 1 aromatic rings. The number of aliphatic hydroxyl groups excluding tert-OH is 1. The number of hydrogen-bond donors (Lipinski definition) is 3. The number of aryl methyl sites for hydroxylation is 1. The van der Waals surface area contributed by atoms with Crippen LogP contribution in [0, 0.1) is 0 Å². The molecule has 0 aliphatic carbocycles. The largest absolute Gasteiger partial charge is 0.479 e. The summed E-state index contributed by atoms with van der Waals surface area (Å²) in [5.74, 6) is -0.206. The van der Waals surface area contributed by atoms with Gasteiger partial charge in [-0.1, -0.05) is 30.3 Å². The lowest BCUT2D eigenvalue weighted by Crippen LogP contribution is -2.31. The van der Waals surface area contributed by atoms with E-state index in [-0.39, 0.29) is 18.9 Å². The lowest BCUT2D eigenvalue weighted by Gasteiger charge is -2.07. The minimum atomic E-state index is -1.42. The predicted molar refractivity (Wildman–Crippen MR) is 78.7 cm³/mol. The molecule has 1 atom stereocenters. The van der Waals surface area contributed by atoms with Gasteiger partial charge in [0.2, 0.25) is 5.91 Å². The molecule has 1 aromatic carbocycles. The first kappa shape index (κ1) is 16.5. The van der Waals surface area contributed by atoms with Gasteiger partial charge in [0.1, 0.15) is 0 Å². The average Bonchev–Trinajstić information content (AvgIpc) is 2.44. The zero-order chi connectivity index (χ0) is 14.8. The van der Waals surface area contributed by atoms with Crippen molar-refractivity contribution in [3.8, 4) is 0 Å². The van der Waals surface area contributed by atoms with E-state index in [9.17, 15) is 9.59 Å². The number of carbonyl (C=O) groups excluding carboxylic acids is 1. The Morgan fingerprint density at radius 3 is 2.60 bits per heavy atom. The summed E-state index contributed by atoms with van der Waals surface area (Å²) in [5, 5.41) is 20.1. The molecule has 0 radical (unpaired) electrons. The van der Waals surface area contributed by atoms with E-state index in [4.69, 9.17) is 10.2 Å². The zero-order valence-corrected chi connectivity index (χ0v) is 11.9. The fourth-order valence-corrected chi connectivity index (χ4v) is 2.33. The molecular formula is C14H19NO4S. The smallest absolute Gasteiger partial charge is 0.332 e. The summed E-state index contributed by atoms with van der Waals surface area (Å²) in [4.78, 5) is 21.8. The summed E-state index contributed by atoms with van der Waals surface area (Å²) in [6, 6.07) is 10.0. The highest BCUT2D eigenvalue weighted by Crippen LogP contribution is 2.06. The first-order chi connectivity index (χ1) is 9.59. The van der Waals surface area contributed by atoms with Crippen LogP contribution >= 0.6 is 11.8 Å². The number of nitrogens with one attached hydrogen (secondary N) is 1. The highest BCUT2D eigenvalue weighted by atomic mass is 32.2. The molecule has 0 bridgehead atoms. The molecular weight excluding hydrogens is 278 g/mol. The highest BCUT2D eigenvalue weighted by molar-refractivity contribution is 7.99. The van der Waals surface area contributed by atoms with Gasteiger partial charge in [0.15, 0.2) is 6.10 Å². The number of thioether (sulfide) groups is 1. The Kier molecular flexibility index (Phi) is 7.75. The van der Waals surface area contributed by atoms with Gasteiger partial charge in [0.25, 0.3) is 0 Å². The Bertz CT molecular complexity index is 424. The minimum absolute atomic E-state index is 0.0236. The maximum Gasteiger partial charge on any atom is 0.332 e. The van der Waals surface area contributed by atoms with Crippen molar-refractivity contribution in [1.82, 2.24) is 5.32 Å². The van der Waals surface area contributed by atoms with Crippen molar-refractivity contribution in [1.29, 1.82) is 0 Å². The van der Waals surface area contributed by atoms with Crippen LogP contribution in [-0.2, 0) is 16.0 Å². The molecule has 0 heterocycles. The van der Waals surface area contributed by atoms with Crippen LogP contribution in [0.25, 0.3) is 0 Å². The topological polar surface area (TPSA) is 86.6 Å². The van der Waals surface area contributed by atoms with Crippen molar-refractivity contribution < 1.29 is 19.8 Å². The molecule has 1 rings (SSSR count). The fraction of sp³-hybridized carbons (Fsp3) is 0.429. The van der Waals surface area contributed by atoms with Gasteiger partial charge >= 0.3 is 5.97 Å². The molecule has 3 N–H and O–H groups in total. The van der Waals surface area contributed by atoms with E-state index in [1.54, 1.807) is 0 Å². The minimum Gasteiger partial charge on any atom is -0.479 e. The van der Waals surface area contributed by atoms with Gasteiger partial charge in [-0.3, -0.25) is 4.79 Å². The summed E-state index contributed by atoms with van der Waals surface area (Å²) in [6.45, 7) is 0.172. The van der Waals surface area contributed by atoms with E-state index < -0.39 is 12.1 Å². The SMILES string of the molecule is O=C(CSCCc1ccccc1)NCCC(O)C(=O)O. The second-order valence-electron chi connectivity index (χ2n) is 4.28. The van der Waals surface area contributed by atoms with Crippen LogP contribution < -0.4 is 5.32 Å². The van der Waals surface area contributed by atoms with E-state index in [2.05, 4.69) is 5.32 Å². The molecule has 0 aliphatic rings. The van der Waals surface area contributed by atoms with E-state index in [1.165, 1.54) is 17.3 Å². The number of benzene rings is 1. The molecule has 1 unspecified atom stereocenters. The quantitative estimate of drug-likeness (QED) is 0.590. The van der Waals surface area contributed by atoms with Gasteiger partial charge in [-0.25, -0.2) is 4.79 Å². The Hall–Kier alpha value is -1.53. The van der Waals surface area contributed by atoms with E-state index in [0.29, 0.717) is 5.75 Å². The van der Waals surface area contributed by atoms with Crippen molar-refractivity contribution in [2.75, 3.05) is 18.1 Å². The second-order valence-corrected chi connectivity index (χ2v) is 5.39.